The molecular formula is C38H66O2. The summed E-state index contributed by atoms with van der Waals surface area (Å²) in [7, 11) is 0. The van der Waals surface area contributed by atoms with Crippen LogP contribution in [0.4, 0.5) is 0 Å². The number of rotatable bonds is 26. The van der Waals surface area contributed by atoms with E-state index in [1.807, 2.05) is 0 Å². The van der Waals surface area contributed by atoms with Gasteiger partial charge in [0.15, 0.2) is 0 Å². The van der Waals surface area contributed by atoms with Crippen molar-refractivity contribution in [3.05, 3.63) is 58.7 Å². The summed E-state index contributed by atoms with van der Waals surface area (Å²) in [6, 6.07) is 0. The molecule has 0 aliphatic rings. The summed E-state index contributed by atoms with van der Waals surface area (Å²) >= 11 is 0. The molecule has 0 aromatic carbocycles. The standard InChI is InChI=1S/C38H66O2/c1-7-8-9-10-11-12-13-14-15-16-17-18-19-20-21-31-38(39)40-33-32-37(6)30-24-29-36(5)28-23-27-35(4)26-22-25-34(2)3/h17-18,25,27,29,32H,7-16,19-24,26,28,30-31,33H2,1-6H3/b18-17-,35-27+,36-29+,37-32+. The number of carbonyl (C=O) groups excluding carboxylic acids is 1. The van der Waals surface area contributed by atoms with Crippen LogP contribution < -0.4 is 0 Å². The molecule has 0 aliphatic carbocycles. The van der Waals surface area contributed by atoms with Crippen molar-refractivity contribution in [2.75, 3.05) is 6.61 Å². The number of carbonyl (C=O) groups is 1. The van der Waals surface area contributed by atoms with Gasteiger partial charge in [-0.1, -0.05) is 111 Å². The summed E-state index contributed by atoms with van der Waals surface area (Å²) in [6.07, 6.45) is 37.7. The number of ether oxygens (including phenoxy) is 1. The lowest BCUT2D eigenvalue weighted by Crippen LogP contribution is -2.04. The second kappa shape index (κ2) is 28.7. The van der Waals surface area contributed by atoms with E-state index in [-0.39, 0.29) is 5.97 Å². The first-order chi connectivity index (χ1) is 19.3. The molecule has 0 atom stereocenters. The minimum Gasteiger partial charge on any atom is -0.461 e. The SMILES string of the molecule is CCCCCCCCCCC/C=C\CCCCC(=O)OC/C=C(\C)CC/C=C(\C)CC/C=C(\C)CCC=C(C)C. The molecule has 0 spiro atoms. The number of hydrogen-bond acceptors (Lipinski definition) is 2. The van der Waals surface area contributed by atoms with E-state index in [9.17, 15) is 4.79 Å². The molecule has 0 aromatic rings. The zero-order chi connectivity index (χ0) is 29.7. The number of hydrogen-bond donors (Lipinski definition) is 0. The van der Waals surface area contributed by atoms with Crippen molar-refractivity contribution in [3.8, 4) is 0 Å². The van der Waals surface area contributed by atoms with Crippen molar-refractivity contribution in [3.63, 3.8) is 0 Å². The third-order valence-corrected chi connectivity index (χ3v) is 7.47. The number of allylic oxidation sites excluding steroid dienone is 9. The molecule has 230 valence electrons. The van der Waals surface area contributed by atoms with Crippen LogP contribution in [0.5, 0.6) is 0 Å². The Morgan fingerprint density at radius 2 is 0.950 bits per heavy atom. The Hall–Kier alpha value is -1.83. The second-order valence-electron chi connectivity index (χ2n) is 12.1. The van der Waals surface area contributed by atoms with Crippen molar-refractivity contribution in [2.24, 2.45) is 0 Å². The molecule has 0 radical (unpaired) electrons. The Balaban J connectivity index is 3.73. The second-order valence-corrected chi connectivity index (χ2v) is 12.1. The van der Waals surface area contributed by atoms with Gasteiger partial charge >= 0.3 is 5.97 Å². The van der Waals surface area contributed by atoms with E-state index >= 15 is 0 Å². The molecule has 0 aromatic heterocycles. The van der Waals surface area contributed by atoms with Crippen LogP contribution in [0.15, 0.2) is 58.7 Å². The fourth-order valence-corrected chi connectivity index (χ4v) is 4.68. The van der Waals surface area contributed by atoms with Gasteiger partial charge in [-0.05, 0) is 111 Å². The van der Waals surface area contributed by atoms with Crippen molar-refractivity contribution < 1.29 is 9.53 Å². The van der Waals surface area contributed by atoms with E-state index in [2.05, 4.69) is 78.0 Å². The minimum absolute atomic E-state index is 0.0670. The smallest absolute Gasteiger partial charge is 0.306 e. The van der Waals surface area contributed by atoms with Crippen LogP contribution in [0.2, 0.25) is 0 Å². The summed E-state index contributed by atoms with van der Waals surface area (Å²) in [5.41, 5.74) is 5.66. The Morgan fingerprint density at radius 1 is 0.500 bits per heavy atom. The molecule has 0 N–H and O–H groups in total. The highest BCUT2D eigenvalue weighted by Gasteiger charge is 2.01. The van der Waals surface area contributed by atoms with Gasteiger partial charge in [0, 0.05) is 6.42 Å². The highest BCUT2D eigenvalue weighted by Crippen LogP contribution is 2.14. The highest BCUT2D eigenvalue weighted by atomic mass is 16.5. The van der Waals surface area contributed by atoms with Crippen molar-refractivity contribution in [1.29, 1.82) is 0 Å². The van der Waals surface area contributed by atoms with E-state index in [4.69, 9.17) is 4.74 Å². The summed E-state index contributed by atoms with van der Waals surface area (Å²) < 4.78 is 5.42. The van der Waals surface area contributed by atoms with E-state index in [0.717, 1.165) is 51.4 Å². The molecule has 0 aliphatic heterocycles. The van der Waals surface area contributed by atoms with Gasteiger partial charge in [-0.3, -0.25) is 4.79 Å². The monoisotopic (exact) mass is 555 g/mol. The Bertz CT molecular complexity index is 758. The number of unbranched alkanes of at least 4 members (excludes halogenated alkanes) is 11. The van der Waals surface area contributed by atoms with Crippen LogP contribution in [0.3, 0.4) is 0 Å². The summed E-state index contributed by atoms with van der Waals surface area (Å²) in [5, 5.41) is 0. The normalized spacial score (nSPS) is 12.8. The minimum atomic E-state index is -0.0670. The third kappa shape index (κ3) is 29.2. The molecular weight excluding hydrogens is 488 g/mol. The van der Waals surface area contributed by atoms with Gasteiger partial charge in [0.05, 0.1) is 0 Å². The maximum Gasteiger partial charge on any atom is 0.306 e. The molecule has 2 nitrogen and oxygen atoms in total. The van der Waals surface area contributed by atoms with E-state index in [1.54, 1.807) is 0 Å². The molecule has 40 heavy (non-hydrogen) atoms. The zero-order valence-electron chi connectivity index (χ0n) is 27.6. The van der Waals surface area contributed by atoms with Crippen molar-refractivity contribution in [1.82, 2.24) is 0 Å². The van der Waals surface area contributed by atoms with E-state index in [1.165, 1.54) is 92.9 Å². The Morgan fingerprint density at radius 3 is 1.48 bits per heavy atom. The van der Waals surface area contributed by atoms with Crippen LogP contribution in [0.1, 0.15) is 170 Å². The maximum atomic E-state index is 12.0. The quantitative estimate of drug-likeness (QED) is 0.0603. The van der Waals surface area contributed by atoms with Gasteiger partial charge in [-0.25, -0.2) is 0 Å². The Labute approximate surface area is 250 Å². The third-order valence-electron chi connectivity index (χ3n) is 7.47. The molecule has 0 amide bonds. The topological polar surface area (TPSA) is 26.3 Å². The summed E-state index contributed by atoms with van der Waals surface area (Å²) in [5.74, 6) is -0.0670. The van der Waals surface area contributed by atoms with Gasteiger partial charge in [0.2, 0.25) is 0 Å². The van der Waals surface area contributed by atoms with Crippen LogP contribution >= 0.6 is 0 Å². The molecule has 0 saturated heterocycles. The molecule has 0 saturated carbocycles. The Kier molecular flexibility index (Phi) is 27.4. The zero-order valence-corrected chi connectivity index (χ0v) is 27.6. The first-order valence-electron chi connectivity index (χ1n) is 16.8. The van der Waals surface area contributed by atoms with Gasteiger partial charge in [-0.15, -0.1) is 0 Å². The highest BCUT2D eigenvalue weighted by molar-refractivity contribution is 5.69. The van der Waals surface area contributed by atoms with Crippen LogP contribution in [-0.4, -0.2) is 12.6 Å². The summed E-state index contributed by atoms with van der Waals surface area (Å²) in [6.45, 7) is 13.6. The lowest BCUT2D eigenvalue weighted by molar-refractivity contribution is -0.142. The van der Waals surface area contributed by atoms with Crippen LogP contribution in [-0.2, 0) is 9.53 Å². The fraction of sp³-hybridized carbons (Fsp3) is 0.711. The van der Waals surface area contributed by atoms with Gasteiger partial charge in [0.1, 0.15) is 6.61 Å². The first kappa shape index (κ1) is 38.2. The van der Waals surface area contributed by atoms with E-state index < -0.39 is 0 Å². The molecule has 0 bridgehead atoms. The number of esters is 1. The van der Waals surface area contributed by atoms with Gasteiger partial charge in [0.25, 0.3) is 0 Å². The lowest BCUT2D eigenvalue weighted by atomic mass is 10.0. The molecule has 0 heterocycles. The average Bonchev–Trinajstić information content (AvgIpc) is 2.90. The largest absolute Gasteiger partial charge is 0.461 e. The van der Waals surface area contributed by atoms with E-state index in [0.29, 0.717) is 13.0 Å². The van der Waals surface area contributed by atoms with Crippen LogP contribution in [0, 0.1) is 0 Å². The van der Waals surface area contributed by atoms with Crippen LogP contribution in [0.25, 0.3) is 0 Å². The molecule has 0 rings (SSSR count). The molecule has 0 unspecified atom stereocenters. The maximum absolute atomic E-state index is 12.0. The molecule has 2 heteroatoms. The van der Waals surface area contributed by atoms with Gasteiger partial charge in [-0.2, -0.15) is 0 Å². The predicted octanol–water partition coefficient (Wildman–Crippen LogP) is 12.7. The van der Waals surface area contributed by atoms with Gasteiger partial charge < -0.3 is 4.74 Å². The fourth-order valence-electron chi connectivity index (χ4n) is 4.68. The average molecular weight is 555 g/mol. The predicted molar refractivity (Wildman–Crippen MR) is 179 cm³/mol. The van der Waals surface area contributed by atoms with Crippen molar-refractivity contribution in [2.45, 2.75) is 170 Å². The molecule has 0 fully saturated rings. The lowest BCUT2D eigenvalue weighted by Gasteiger charge is -2.04. The summed E-state index contributed by atoms with van der Waals surface area (Å²) in [4.78, 5) is 12.0. The van der Waals surface area contributed by atoms with Crippen molar-refractivity contribution >= 4 is 5.97 Å². The first-order valence-corrected chi connectivity index (χ1v) is 16.8.